The van der Waals surface area contributed by atoms with E-state index in [2.05, 4.69) is 5.32 Å². The Bertz CT molecular complexity index is 439. The molecule has 0 spiro atoms. The van der Waals surface area contributed by atoms with Gasteiger partial charge in [-0.3, -0.25) is 4.79 Å². The molecule has 3 N–H and O–H groups in total. The second-order valence-electron chi connectivity index (χ2n) is 3.92. The van der Waals surface area contributed by atoms with Gasteiger partial charge in [0.15, 0.2) is 11.5 Å². The fourth-order valence-electron chi connectivity index (χ4n) is 1.63. The maximum absolute atomic E-state index is 11.1. The van der Waals surface area contributed by atoms with E-state index in [1.54, 1.807) is 19.2 Å². The third-order valence-corrected chi connectivity index (χ3v) is 2.75. The predicted octanol–water partition coefficient (Wildman–Crippen LogP) is 0.164. The molecule has 0 aliphatic carbocycles. The summed E-state index contributed by atoms with van der Waals surface area (Å²) in [4.78, 5) is 11.1. The van der Waals surface area contributed by atoms with Crippen LogP contribution in [0.15, 0.2) is 12.1 Å². The van der Waals surface area contributed by atoms with E-state index >= 15 is 0 Å². The van der Waals surface area contributed by atoms with Gasteiger partial charge in [-0.25, -0.2) is 0 Å². The van der Waals surface area contributed by atoms with Crippen LogP contribution in [0.5, 0.6) is 23.0 Å². The topological polar surface area (TPSA) is 92.0 Å². The first-order valence-electron chi connectivity index (χ1n) is 5.96. The predicted molar refractivity (Wildman–Crippen MR) is 73.6 cm³/mol. The van der Waals surface area contributed by atoms with Gasteiger partial charge >= 0.3 is 0 Å². The molecule has 1 unspecified atom stereocenters. The summed E-state index contributed by atoms with van der Waals surface area (Å²) in [5, 5.41) is 2.76. The van der Waals surface area contributed by atoms with Crippen molar-refractivity contribution < 1.29 is 23.7 Å². The maximum atomic E-state index is 11.1. The summed E-state index contributed by atoms with van der Waals surface area (Å²) in [5.74, 6) is 1.42. The Labute approximate surface area is 117 Å². The SMILES string of the molecule is CNC(COc1cc(OC)c(OC)c(OC)c1)C(N)=O. The van der Waals surface area contributed by atoms with Crippen molar-refractivity contribution in [2.24, 2.45) is 5.73 Å². The first kappa shape index (κ1) is 15.9. The van der Waals surface area contributed by atoms with Crippen LogP contribution in [-0.4, -0.2) is 46.9 Å². The highest BCUT2D eigenvalue weighted by atomic mass is 16.5. The molecule has 0 radical (unpaired) electrons. The van der Waals surface area contributed by atoms with Crippen LogP contribution in [0.2, 0.25) is 0 Å². The van der Waals surface area contributed by atoms with E-state index in [0.29, 0.717) is 23.0 Å². The van der Waals surface area contributed by atoms with E-state index in [9.17, 15) is 4.79 Å². The van der Waals surface area contributed by atoms with Gasteiger partial charge < -0.3 is 30.0 Å². The molecule has 0 aliphatic rings. The lowest BCUT2D eigenvalue weighted by Crippen LogP contribution is -2.43. The summed E-state index contributed by atoms with van der Waals surface area (Å²) < 4.78 is 21.1. The highest BCUT2D eigenvalue weighted by Crippen LogP contribution is 2.40. The first-order chi connectivity index (χ1) is 9.57. The lowest BCUT2D eigenvalue weighted by molar-refractivity contribution is -0.120. The van der Waals surface area contributed by atoms with Gasteiger partial charge in [0.2, 0.25) is 11.7 Å². The van der Waals surface area contributed by atoms with Crippen molar-refractivity contribution in [3.8, 4) is 23.0 Å². The lowest BCUT2D eigenvalue weighted by Gasteiger charge is -2.17. The minimum absolute atomic E-state index is 0.102. The summed E-state index contributed by atoms with van der Waals surface area (Å²) in [6.07, 6.45) is 0. The second-order valence-corrected chi connectivity index (χ2v) is 3.92. The largest absolute Gasteiger partial charge is 0.493 e. The molecule has 112 valence electrons. The van der Waals surface area contributed by atoms with E-state index in [4.69, 9.17) is 24.7 Å². The summed E-state index contributed by atoms with van der Waals surface area (Å²) in [5.41, 5.74) is 5.22. The normalized spacial score (nSPS) is 11.6. The smallest absolute Gasteiger partial charge is 0.238 e. The molecule has 0 fully saturated rings. The van der Waals surface area contributed by atoms with Crippen molar-refractivity contribution in [2.45, 2.75) is 6.04 Å². The fraction of sp³-hybridized carbons (Fsp3) is 0.462. The standard InChI is InChI=1S/C13H20N2O5/c1-15-9(13(14)16)7-20-8-5-10(17-2)12(19-4)11(6-8)18-3/h5-6,9,15H,7H2,1-4H3,(H2,14,16). The van der Waals surface area contributed by atoms with Crippen LogP contribution in [0.3, 0.4) is 0 Å². The Morgan fingerprint density at radius 1 is 1.20 bits per heavy atom. The minimum Gasteiger partial charge on any atom is -0.493 e. The number of methoxy groups -OCH3 is 3. The molecule has 20 heavy (non-hydrogen) atoms. The zero-order chi connectivity index (χ0) is 15.1. The number of ether oxygens (including phenoxy) is 4. The number of primary amides is 1. The number of rotatable bonds is 8. The third kappa shape index (κ3) is 3.67. The fourth-order valence-corrected chi connectivity index (χ4v) is 1.63. The van der Waals surface area contributed by atoms with E-state index in [1.807, 2.05) is 0 Å². The molecular formula is C13H20N2O5. The number of nitrogens with one attached hydrogen (secondary N) is 1. The molecule has 0 saturated heterocycles. The molecule has 1 amide bonds. The summed E-state index contributed by atoms with van der Waals surface area (Å²) in [6.45, 7) is 0.102. The van der Waals surface area contributed by atoms with Crippen molar-refractivity contribution in [3.05, 3.63) is 12.1 Å². The molecule has 0 saturated carbocycles. The van der Waals surface area contributed by atoms with Gasteiger partial charge in [0.1, 0.15) is 18.4 Å². The molecule has 0 aliphatic heterocycles. The molecule has 7 nitrogen and oxygen atoms in total. The Balaban J connectivity index is 2.93. The lowest BCUT2D eigenvalue weighted by atomic mass is 10.2. The van der Waals surface area contributed by atoms with Crippen molar-refractivity contribution in [2.75, 3.05) is 35.0 Å². The molecule has 0 aromatic heterocycles. The highest BCUT2D eigenvalue weighted by Gasteiger charge is 2.17. The molecular weight excluding hydrogens is 264 g/mol. The summed E-state index contributed by atoms with van der Waals surface area (Å²) in [7, 11) is 6.18. The average molecular weight is 284 g/mol. The van der Waals surface area contributed by atoms with Gasteiger partial charge in [0, 0.05) is 12.1 Å². The Kier molecular flexibility index (Phi) is 5.92. The zero-order valence-corrected chi connectivity index (χ0v) is 12.1. The summed E-state index contributed by atoms with van der Waals surface area (Å²) in [6, 6.07) is 2.72. The molecule has 0 heterocycles. The number of amides is 1. The van der Waals surface area contributed by atoms with E-state index in [0.717, 1.165) is 0 Å². The van der Waals surface area contributed by atoms with Gasteiger partial charge in [0.05, 0.1) is 21.3 Å². The van der Waals surface area contributed by atoms with E-state index < -0.39 is 11.9 Å². The van der Waals surface area contributed by atoms with Crippen LogP contribution < -0.4 is 30.0 Å². The number of carbonyl (C=O) groups excluding carboxylic acids is 1. The van der Waals surface area contributed by atoms with Gasteiger partial charge in [-0.1, -0.05) is 0 Å². The maximum Gasteiger partial charge on any atom is 0.238 e. The Morgan fingerprint density at radius 2 is 1.75 bits per heavy atom. The number of benzene rings is 1. The Hall–Kier alpha value is -2.15. The van der Waals surface area contributed by atoms with Crippen LogP contribution in [-0.2, 0) is 4.79 Å². The van der Waals surface area contributed by atoms with Crippen LogP contribution in [0.4, 0.5) is 0 Å². The number of carbonyl (C=O) groups is 1. The molecule has 1 atom stereocenters. The highest BCUT2D eigenvalue weighted by molar-refractivity contribution is 5.80. The zero-order valence-electron chi connectivity index (χ0n) is 12.1. The van der Waals surface area contributed by atoms with Crippen LogP contribution in [0, 0.1) is 0 Å². The monoisotopic (exact) mass is 284 g/mol. The molecule has 1 aromatic carbocycles. The number of nitrogens with two attached hydrogens (primary N) is 1. The number of hydrogen-bond donors (Lipinski definition) is 2. The van der Waals surface area contributed by atoms with Gasteiger partial charge in [-0.05, 0) is 7.05 Å². The van der Waals surface area contributed by atoms with Crippen molar-refractivity contribution >= 4 is 5.91 Å². The minimum atomic E-state index is -0.575. The second kappa shape index (κ2) is 7.44. The van der Waals surface area contributed by atoms with Crippen molar-refractivity contribution in [3.63, 3.8) is 0 Å². The molecule has 0 bridgehead atoms. The number of hydrogen-bond acceptors (Lipinski definition) is 6. The van der Waals surface area contributed by atoms with Gasteiger partial charge in [-0.15, -0.1) is 0 Å². The molecule has 7 heteroatoms. The van der Waals surface area contributed by atoms with E-state index in [-0.39, 0.29) is 6.61 Å². The third-order valence-electron chi connectivity index (χ3n) is 2.75. The molecule has 1 aromatic rings. The van der Waals surface area contributed by atoms with Crippen molar-refractivity contribution in [1.82, 2.24) is 5.32 Å². The number of likely N-dealkylation sites (N-methyl/N-ethyl adjacent to an activating group) is 1. The van der Waals surface area contributed by atoms with Crippen LogP contribution >= 0.6 is 0 Å². The molecule has 1 rings (SSSR count). The average Bonchev–Trinajstić information content (AvgIpc) is 2.46. The first-order valence-corrected chi connectivity index (χ1v) is 5.96. The quantitative estimate of drug-likeness (QED) is 0.706. The Morgan fingerprint density at radius 3 is 2.10 bits per heavy atom. The van der Waals surface area contributed by atoms with Crippen molar-refractivity contribution in [1.29, 1.82) is 0 Å². The van der Waals surface area contributed by atoms with Gasteiger partial charge in [-0.2, -0.15) is 0 Å². The van der Waals surface area contributed by atoms with Crippen LogP contribution in [0.1, 0.15) is 0 Å². The van der Waals surface area contributed by atoms with E-state index in [1.165, 1.54) is 21.3 Å². The van der Waals surface area contributed by atoms with Crippen LogP contribution in [0.25, 0.3) is 0 Å². The van der Waals surface area contributed by atoms with Gasteiger partial charge in [0.25, 0.3) is 0 Å². The summed E-state index contributed by atoms with van der Waals surface area (Å²) >= 11 is 0.